The topological polar surface area (TPSA) is 119 Å². The SMILES string of the molecule is COc1ccc(NS(=O)(=O)c2ccc(Nc3ncnc4c3sc3nnc(-c5ccccc5)c(-c5ccccc5)c34)cc2)cc1. The van der Waals surface area contributed by atoms with Crippen molar-refractivity contribution in [2.45, 2.75) is 4.90 Å². The third-order valence-corrected chi connectivity index (χ3v) is 9.53. The molecule has 0 fully saturated rings. The summed E-state index contributed by atoms with van der Waals surface area (Å²) in [6, 6.07) is 33.3. The average molecular weight is 617 g/mol. The molecule has 0 unspecified atom stereocenters. The molecular formula is C33H24N6O3S2. The number of hydrogen-bond acceptors (Lipinski definition) is 9. The minimum Gasteiger partial charge on any atom is -0.497 e. The van der Waals surface area contributed by atoms with Crippen molar-refractivity contribution >= 4 is 59.0 Å². The lowest BCUT2D eigenvalue weighted by Gasteiger charge is -2.11. The number of rotatable bonds is 8. The van der Waals surface area contributed by atoms with Crippen LogP contribution < -0.4 is 14.8 Å². The van der Waals surface area contributed by atoms with Crippen LogP contribution in [0.1, 0.15) is 0 Å². The lowest BCUT2D eigenvalue weighted by Crippen LogP contribution is -2.12. The number of hydrogen-bond donors (Lipinski definition) is 2. The van der Waals surface area contributed by atoms with Crippen molar-refractivity contribution in [1.82, 2.24) is 20.2 Å². The van der Waals surface area contributed by atoms with Gasteiger partial charge < -0.3 is 10.1 Å². The first-order valence-corrected chi connectivity index (χ1v) is 15.9. The molecule has 0 aliphatic rings. The molecule has 0 radical (unpaired) electrons. The quantitative estimate of drug-likeness (QED) is 0.180. The van der Waals surface area contributed by atoms with E-state index in [9.17, 15) is 8.42 Å². The minimum atomic E-state index is -3.79. The second kappa shape index (κ2) is 11.4. The number of aromatic nitrogens is 4. The van der Waals surface area contributed by atoms with Gasteiger partial charge >= 0.3 is 0 Å². The summed E-state index contributed by atoms with van der Waals surface area (Å²) in [5, 5.41) is 13.5. The van der Waals surface area contributed by atoms with E-state index >= 15 is 0 Å². The number of ether oxygens (including phenoxy) is 1. The van der Waals surface area contributed by atoms with E-state index in [-0.39, 0.29) is 4.90 Å². The van der Waals surface area contributed by atoms with E-state index in [4.69, 9.17) is 4.74 Å². The fraction of sp³-hybridized carbons (Fsp3) is 0.0303. The Morgan fingerprint density at radius 1 is 0.727 bits per heavy atom. The van der Waals surface area contributed by atoms with Gasteiger partial charge in [-0.1, -0.05) is 60.7 Å². The van der Waals surface area contributed by atoms with Crippen molar-refractivity contribution in [2.24, 2.45) is 0 Å². The van der Waals surface area contributed by atoms with Crippen LogP contribution >= 0.6 is 11.3 Å². The van der Waals surface area contributed by atoms with Gasteiger partial charge in [0.15, 0.2) is 5.82 Å². The number of sulfonamides is 1. The molecule has 0 aliphatic carbocycles. The summed E-state index contributed by atoms with van der Waals surface area (Å²) in [6.07, 6.45) is 1.52. The van der Waals surface area contributed by atoms with E-state index in [0.29, 0.717) is 22.9 Å². The summed E-state index contributed by atoms with van der Waals surface area (Å²) in [5.74, 6) is 1.23. The second-order valence-electron chi connectivity index (χ2n) is 9.82. The molecule has 0 saturated carbocycles. The number of thiophene rings is 1. The molecule has 44 heavy (non-hydrogen) atoms. The Morgan fingerprint density at radius 3 is 2.07 bits per heavy atom. The highest BCUT2D eigenvalue weighted by Crippen LogP contribution is 2.43. The molecule has 0 spiro atoms. The molecule has 0 saturated heterocycles. The molecule has 7 aromatic rings. The largest absolute Gasteiger partial charge is 0.497 e. The Bertz CT molecular complexity index is 2210. The monoisotopic (exact) mass is 616 g/mol. The number of benzene rings is 4. The molecule has 0 bridgehead atoms. The molecule has 2 N–H and O–H groups in total. The van der Waals surface area contributed by atoms with Crippen LogP contribution in [0.5, 0.6) is 5.75 Å². The van der Waals surface area contributed by atoms with Crippen molar-refractivity contribution in [1.29, 1.82) is 0 Å². The van der Waals surface area contributed by atoms with Gasteiger partial charge in [-0.25, -0.2) is 18.4 Å². The Labute approximate surface area is 257 Å². The Hall–Kier alpha value is -5.39. The van der Waals surface area contributed by atoms with Gasteiger partial charge in [0.2, 0.25) is 0 Å². The summed E-state index contributed by atoms with van der Waals surface area (Å²) >= 11 is 1.46. The van der Waals surface area contributed by atoms with E-state index in [2.05, 4.69) is 42.3 Å². The Kier molecular flexibility index (Phi) is 7.09. The zero-order valence-corrected chi connectivity index (χ0v) is 24.9. The number of methoxy groups -OCH3 is 1. The maximum atomic E-state index is 13.0. The van der Waals surface area contributed by atoms with Gasteiger partial charge in [0, 0.05) is 27.9 Å². The Morgan fingerprint density at radius 2 is 1.39 bits per heavy atom. The van der Waals surface area contributed by atoms with Crippen LogP contribution in [0.2, 0.25) is 0 Å². The first kappa shape index (κ1) is 27.4. The maximum Gasteiger partial charge on any atom is 0.261 e. The number of fused-ring (bicyclic) bond motifs is 3. The van der Waals surface area contributed by atoms with Crippen molar-refractivity contribution in [3.05, 3.63) is 116 Å². The van der Waals surface area contributed by atoms with Gasteiger partial charge in [0.1, 0.15) is 22.6 Å². The molecule has 9 nitrogen and oxygen atoms in total. The summed E-state index contributed by atoms with van der Waals surface area (Å²) in [4.78, 5) is 10.1. The highest BCUT2D eigenvalue weighted by atomic mass is 32.2. The molecule has 11 heteroatoms. The van der Waals surface area contributed by atoms with Gasteiger partial charge in [-0.2, -0.15) is 0 Å². The highest BCUT2D eigenvalue weighted by molar-refractivity contribution is 7.92. The van der Waals surface area contributed by atoms with E-state index in [1.165, 1.54) is 17.7 Å². The van der Waals surface area contributed by atoms with Crippen molar-refractivity contribution in [3.63, 3.8) is 0 Å². The molecule has 4 aromatic carbocycles. The summed E-state index contributed by atoms with van der Waals surface area (Å²) in [7, 11) is -2.23. The summed E-state index contributed by atoms with van der Waals surface area (Å²) in [6.45, 7) is 0. The van der Waals surface area contributed by atoms with Gasteiger partial charge in [-0.05, 0) is 54.1 Å². The second-order valence-corrected chi connectivity index (χ2v) is 12.5. The van der Waals surface area contributed by atoms with E-state index < -0.39 is 10.0 Å². The molecular weight excluding hydrogens is 593 g/mol. The van der Waals surface area contributed by atoms with E-state index in [0.717, 1.165) is 42.8 Å². The highest BCUT2D eigenvalue weighted by Gasteiger charge is 2.22. The molecule has 216 valence electrons. The number of anilines is 3. The third-order valence-electron chi connectivity index (χ3n) is 7.06. The molecule has 0 amide bonds. The van der Waals surface area contributed by atoms with Crippen molar-refractivity contribution in [2.75, 3.05) is 17.1 Å². The van der Waals surface area contributed by atoms with E-state index in [1.54, 1.807) is 55.6 Å². The average Bonchev–Trinajstić information content (AvgIpc) is 3.45. The minimum absolute atomic E-state index is 0.129. The first-order valence-electron chi connectivity index (χ1n) is 13.6. The van der Waals surface area contributed by atoms with Crippen LogP contribution in [0.4, 0.5) is 17.2 Å². The lowest BCUT2D eigenvalue weighted by atomic mass is 9.97. The fourth-order valence-electron chi connectivity index (χ4n) is 4.96. The third kappa shape index (κ3) is 5.19. The van der Waals surface area contributed by atoms with Gasteiger partial charge in [-0.3, -0.25) is 4.72 Å². The fourth-order valence-corrected chi connectivity index (χ4v) is 7.04. The molecule has 3 aromatic heterocycles. The standard InChI is InChI=1S/C33H24N6O3S2/c1-42-25-16-12-24(13-17-25)39-44(40,41)26-18-14-23(15-19-26)36-32-31-30(34-20-35-32)28-27(21-8-4-2-5-9-21)29(37-38-33(28)43-31)22-10-6-3-7-11-22/h2-20,39H,1H3,(H,34,35,36). The predicted octanol–water partition coefficient (Wildman–Crippen LogP) is 7.52. The molecule has 0 atom stereocenters. The Balaban J connectivity index is 1.25. The summed E-state index contributed by atoms with van der Waals surface area (Å²) < 4.78 is 34.5. The zero-order valence-electron chi connectivity index (χ0n) is 23.3. The van der Waals surface area contributed by atoms with Crippen LogP contribution in [-0.4, -0.2) is 35.7 Å². The maximum absolute atomic E-state index is 13.0. The van der Waals surface area contributed by atoms with Crippen LogP contribution in [-0.2, 0) is 10.0 Å². The first-order chi connectivity index (χ1) is 21.5. The summed E-state index contributed by atoms with van der Waals surface area (Å²) in [5.41, 5.74) is 5.58. The lowest BCUT2D eigenvalue weighted by molar-refractivity contribution is 0.415. The van der Waals surface area contributed by atoms with Crippen LogP contribution in [0.15, 0.2) is 120 Å². The van der Waals surface area contributed by atoms with Crippen molar-refractivity contribution in [3.8, 4) is 28.1 Å². The van der Waals surface area contributed by atoms with Gasteiger partial charge in [0.05, 0.1) is 22.2 Å². The van der Waals surface area contributed by atoms with Crippen LogP contribution in [0.25, 0.3) is 42.8 Å². The zero-order chi connectivity index (χ0) is 30.1. The van der Waals surface area contributed by atoms with Crippen LogP contribution in [0.3, 0.4) is 0 Å². The number of nitrogens with one attached hydrogen (secondary N) is 2. The smallest absolute Gasteiger partial charge is 0.261 e. The molecule has 3 heterocycles. The van der Waals surface area contributed by atoms with Gasteiger partial charge in [-0.15, -0.1) is 21.5 Å². The van der Waals surface area contributed by atoms with Crippen LogP contribution in [0, 0.1) is 0 Å². The predicted molar refractivity (Wildman–Crippen MR) is 175 cm³/mol. The molecule has 7 rings (SSSR count). The molecule has 0 aliphatic heterocycles. The van der Waals surface area contributed by atoms with Crippen molar-refractivity contribution < 1.29 is 13.2 Å². The van der Waals surface area contributed by atoms with E-state index in [1.807, 2.05) is 48.5 Å². The number of nitrogens with zero attached hydrogens (tertiary/aromatic N) is 4. The normalized spacial score (nSPS) is 11.5. The van der Waals surface area contributed by atoms with Gasteiger partial charge in [0.25, 0.3) is 10.0 Å².